The van der Waals surface area contributed by atoms with Crippen molar-refractivity contribution in [3.8, 4) is 5.82 Å². The van der Waals surface area contributed by atoms with Gasteiger partial charge in [0.15, 0.2) is 5.82 Å². The van der Waals surface area contributed by atoms with Crippen molar-refractivity contribution in [2.75, 3.05) is 11.9 Å². The van der Waals surface area contributed by atoms with Gasteiger partial charge in [-0.3, -0.25) is 9.78 Å². The summed E-state index contributed by atoms with van der Waals surface area (Å²) in [4.78, 5) is 42.4. The molecular weight excluding hydrogens is 400 g/mol. The molecule has 3 aromatic rings. The first-order chi connectivity index (χ1) is 13.6. The summed E-state index contributed by atoms with van der Waals surface area (Å²) >= 11 is 0. The van der Waals surface area contributed by atoms with Gasteiger partial charge in [-0.15, -0.1) is 17.5 Å². The number of cyclic esters (lactones) is 1. The summed E-state index contributed by atoms with van der Waals surface area (Å²) < 4.78 is 5.97. The van der Waals surface area contributed by atoms with Gasteiger partial charge in [-0.25, -0.2) is 14.6 Å². The Balaban J connectivity index is 0.00000240. The van der Waals surface area contributed by atoms with Crippen LogP contribution in [0.4, 0.5) is 11.6 Å². The number of H-pyrrole nitrogens is 1. The summed E-state index contributed by atoms with van der Waals surface area (Å²) in [5, 5.41) is 9.75. The number of pyridine rings is 1. The predicted molar refractivity (Wildman–Crippen MR) is 106 cm³/mol. The number of aromatic nitrogens is 4. The monoisotopic (exact) mass is 416 g/mol. The van der Waals surface area contributed by atoms with Gasteiger partial charge in [0, 0.05) is 23.9 Å². The Morgan fingerprint density at radius 1 is 1.17 bits per heavy atom. The number of hydrogen-bond donors (Lipinski definition) is 3. The van der Waals surface area contributed by atoms with Crippen LogP contribution in [0, 0.1) is 0 Å². The highest BCUT2D eigenvalue weighted by Crippen LogP contribution is 2.14. The molecule has 11 heteroatoms. The Hall–Kier alpha value is -3.66. The summed E-state index contributed by atoms with van der Waals surface area (Å²) in [6.45, 7) is 0.315. The fourth-order valence-electron chi connectivity index (χ4n) is 2.73. The van der Waals surface area contributed by atoms with Crippen molar-refractivity contribution < 1.29 is 14.3 Å². The molecule has 29 heavy (non-hydrogen) atoms. The van der Waals surface area contributed by atoms with Crippen molar-refractivity contribution in [3.63, 3.8) is 0 Å². The highest BCUT2D eigenvalue weighted by atomic mass is 35.5. The molecule has 10 nitrogen and oxygen atoms in total. The van der Waals surface area contributed by atoms with E-state index in [0.29, 0.717) is 30.1 Å². The third-order valence-electron chi connectivity index (χ3n) is 4.13. The summed E-state index contributed by atoms with van der Waals surface area (Å²) in [6.07, 6.45) is 2.04. The Kier molecular flexibility index (Phi) is 5.93. The molecule has 1 amide bonds. The Morgan fingerprint density at radius 2 is 1.97 bits per heavy atom. The lowest BCUT2D eigenvalue weighted by atomic mass is 10.1. The molecule has 150 valence electrons. The van der Waals surface area contributed by atoms with E-state index in [-0.39, 0.29) is 24.3 Å². The number of nitrogens with one attached hydrogen (secondary N) is 3. The summed E-state index contributed by atoms with van der Waals surface area (Å²) in [6, 6.07) is 11.1. The molecule has 1 aromatic carbocycles. The lowest BCUT2D eigenvalue weighted by molar-refractivity contribution is -0.139. The van der Waals surface area contributed by atoms with E-state index >= 15 is 0 Å². The quantitative estimate of drug-likeness (QED) is 0.532. The molecule has 1 fully saturated rings. The highest BCUT2D eigenvalue weighted by Gasteiger charge is 2.28. The molecule has 1 aliphatic rings. The number of ether oxygens (including phenoxy) is 1. The first kappa shape index (κ1) is 20.1. The van der Waals surface area contributed by atoms with Crippen LogP contribution >= 0.6 is 12.4 Å². The molecule has 1 aliphatic heterocycles. The van der Waals surface area contributed by atoms with Crippen molar-refractivity contribution >= 4 is 35.9 Å². The SMILES string of the molecule is Cl.O=C(N[C@@H]1CCOC1=O)c1ccc(Nc2nn(-c3ccccn3)c(=O)[nH]2)cc1. The van der Waals surface area contributed by atoms with Gasteiger partial charge in [-0.1, -0.05) is 6.07 Å². The van der Waals surface area contributed by atoms with E-state index in [0.717, 1.165) is 4.68 Å². The van der Waals surface area contributed by atoms with Crippen molar-refractivity contribution in [1.82, 2.24) is 25.1 Å². The van der Waals surface area contributed by atoms with Crippen LogP contribution in [-0.2, 0) is 9.53 Å². The normalized spacial score (nSPS) is 15.3. The van der Waals surface area contributed by atoms with Gasteiger partial charge in [0.1, 0.15) is 6.04 Å². The zero-order valence-electron chi connectivity index (χ0n) is 15.0. The van der Waals surface area contributed by atoms with Crippen LogP contribution in [-0.4, -0.2) is 44.3 Å². The predicted octanol–water partition coefficient (Wildman–Crippen LogP) is 1.17. The standard InChI is InChI=1S/C18H16N6O4.ClH/c25-15(21-13-8-10-28-16(13)26)11-4-6-12(7-5-11)20-17-22-18(27)24(23-17)14-3-1-2-9-19-14;/h1-7,9,13H,8,10H2,(H,21,25)(H2,20,22,23,27);1H/t13-;/m1./s1. The average Bonchev–Trinajstić information content (AvgIpc) is 3.28. The third-order valence-corrected chi connectivity index (χ3v) is 4.13. The Bertz CT molecular complexity index is 1060. The van der Waals surface area contributed by atoms with Crippen LogP contribution in [0.3, 0.4) is 0 Å². The second kappa shape index (κ2) is 8.57. The maximum Gasteiger partial charge on any atom is 0.350 e. The average molecular weight is 417 g/mol. The molecule has 0 bridgehead atoms. The second-order valence-electron chi connectivity index (χ2n) is 6.06. The number of halogens is 1. The van der Waals surface area contributed by atoms with Gasteiger partial charge >= 0.3 is 11.7 Å². The summed E-state index contributed by atoms with van der Waals surface area (Å²) in [5.41, 5.74) is 0.595. The number of carbonyl (C=O) groups is 2. The van der Waals surface area contributed by atoms with E-state index in [2.05, 4.69) is 25.7 Å². The van der Waals surface area contributed by atoms with Crippen LogP contribution in [0.2, 0.25) is 0 Å². The number of hydrogen-bond acceptors (Lipinski definition) is 7. The topological polar surface area (TPSA) is 131 Å². The van der Waals surface area contributed by atoms with Gasteiger partial charge in [0.05, 0.1) is 6.61 Å². The van der Waals surface area contributed by atoms with E-state index in [1.165, 1.54) is 0 Å². The molecule has 4 rings (SSSR count). The molecule has 3 heterocycles. The zero-order chi connectivity index (χ0) is 19.5. The van der Waals surface area contributed by atoms with E-state index in [9.17, 15) is 14.4 Å². The number of amides is 1. The lowest BCUT2D eigenvalue weighted by Crippen LogP contribution is -2.37. The molecule has 1 saturated heterocycles. The first-order valence-corrected chi connectivity index (χ1v) is 8.55. The van der Waals surface area contributed by atoms with Gasteiger partial charge in [-0.2, -0.15) is 4.68 Å². The third kappa shape index (κ3) is 4.43. The fourth-order valence-corrected chi connectivity index (χ4v) is 2.73. The van der Waals surface area contributed by atoms with Crippen LogP contribution in [0.25, 0.3) is 5.82 Å². The maximum absolute atomic E-state index is 12.2. The first-order valence-electron chi connectivity index (χ1n) is 8.55. The van der Waals surface area contributed by atoms with Gasteiger partial charge < -0.3 is 15.4 Å². The largest absolute Gasteiger partial charge is 0.464 e. The zero-order valence-corrected chi connectivity index (χ0v) is 15.8. The molecule has 0 saturated carbocycles. The van der Waals surface area contributed by atoms with E-state index in [1.807, 2.05) is 0 Å². The fraction of sp³-hybridized carbons (Fsp3) is 0.167. The van der Waals surface area contributed by atoms with Crippen molar-refractivity contribution in [1.29, 1.82) is 0 Å². The molecule has 0 aliphatic carbocycles. The van der Waals surface area contributed by atoms with Crippen LogP contribution < -0.4 is 16.3 Å². The number of esters is 1. The number of carbonyl (C=O) groups excluding carboxylic acids is 2. The molecule has 0 radical (unpaired) electrons. The van der Waals surface area contributed by atoms with Crippen LogP contribution in [0.1, 0.15) is 16.8 Å². The minimum atomic E-state index is -0.606. The van der Waals surface area contributed by atoms with Crippen LogP contribution in [0.15, 0.2) is 53.5 Å². The number of aromatic amines is 1. The second-order valence-corrected chi connectivity index (χ2v) is 6.06. The minimum Gasteiger partial charge on any atom is -0.464 e. The molecule has 0 spiro atoms. The highest BCUT2D eigenvalue weighted by molar-refractivity contribution is 5.97. The molecule has 2 aromatic heterocycles. The van der Waals surface area contributed by atoms with Crippen molar-refractivity contribution in [2.24, 2.45) is 0 Å². The number of rotatable bonds is 5. The molecule has 1 atom stereocenters. The number of nitrogens with zero attached hydrogens (tertiary/aromatic N) is 3. The van der Waals surface area contributed by atoms with Crippen LogP contribution in [0.5, 0.6) is 0 Å². The molecule has 3 N–H and O–H groups in total. The minimum absolute atomic E-state index is 0. The molecule has 0 unspecified atom stereocenters. The maximum atomic E-state index is 12.2. The van der Waals surface area contributed by atoms with Gasteiger partial charge in [0.2, 0.25) is 5.95 Å². The number of anilines is 2. The Labute approximate surface area is 170 Å². The lowest BCUT2D eigenvalue weighted by Gasteiger charge is -2.09. The summed E-state index contributed by atoms with van der Waals surface area (Å²) in [7, 11) is 0. The molecular formula is C18H17ClN6O4. The Morgan fingerprint density at radius 3 is 2.62 bits per heavy atom. The smallest absolute Gasteiger partial charge is 0.350 e. The number of benzene rings is 1. The van der Waals surface area contributed by atoms with Gasteiger partial charge in [0.25, 0.3) is 5.91 Å². The van der Waals surface area contributed by atoms with Crippen molar-refractivity contribution in [2.45, 2.75) is 12.5 Å². The summed E-state index contributed by atoms with van der Waals surface area (Å²) in [5.74, 6) is -0.141. The van der Waals surface area contributed by atoms with E-state index in [1.54, 1.807) is 48.7 Å². The van der Waals surface area contributed by atoms with E-state index in [4.69, 9.17) is 4.74 Å². The van der Waals surface area contributed by atoms with E-state index < -0.39 is 17.7 Å². The van der Waals surface area contributed by atoms with Gasteiger partial charge in [-0.05, 0) is 36.4 Å². The van der Waals surface area contributed by atoms with Crippen molar-refractivity contribution in [3.05, 3.63) is 64.7 Å².